The molecule has 0 spiro atoms. The third-order valence-corrected chi connectivity index (χ3v) is 3.64. The van der Waals surface area contributed by atoms with Crippen LogP contribution >= 0.6 is 12.2 Å². The second-order valence-electron chi connectivity index (χ2n) is 5.19. The van der Waals surface area contributed by atoms with Gasteiger partial charge in [0.15, 0.2) is 5.11 Å². The van der Waals surface area contributed by atoms with Crippen molar-refractivity contribution in [2.75, 3.05) is 17.7 Å². The number of ether oxygens (including phenoxy) is 1. The second kappa shape index (κ2) is 7.61. The first-order valence-electron chi connectivity index (χ1n) is 7.52. The molecule has 0 atom stereocenters. The molecule has 24 heavy (non-hydrogen) atoms. The van der Waals surface area contributed by atoms with Crippen LogP contribution < -0.4 is 15.4 Å². The molecule has 1 heterocycles. The van der Waals surface area contributed by atoms with Gasteiger partial charge in [0.2, 0.25) is 0 Å². The lowest BCUT2D eigenvalue weighted by atomic mass is 10.2. The maximum atomic E-state index is 5.35. The number of nitrogens with one attached hydrogen (secondary N) is 2. The molecule has 0 aliphatic carbocycles. The number of para-hydroxylation sites is 2. The molecular formula is C18H18N4OS. The van der Waals surface area contributed by atoms with Gasteiger partial charge in [-0.2, -0.15) is 5.10 Å². The summed E-state index contributed by atoms with van der Waals surface area (Å²) in [5.74, 6) is 0.737. The van der Waals surface area contributed by atoms with E-state index in [2.05, 4.69) is 27.9 Å². The van der Waals surface area contributed by atoms with Crippen molar-refractivity contribution in [3.63, 3.8) is 0 Å². The highest BCUT2D eigenvalue weighted by Crippen LogP contribution is 2.23. The Morgan fingerprint density at radius 1 is 1.08 bits per heavy atom. The largest absolute Gasteiger partial charge is 0.495 e. The minimum Gasteiger partial charge on any atom is -0.495 e. The first-order valence-corrected chi connectivity index (χ1v) is 7.93. The number of aromatic nitrogens is 2. The lowest BCUT2D eigenvalue weighted by molar-refractivity contribution is 0.417. The van der Waals surface area contributed by atoms with Gasteiger partial charge in [-0.05, 0) is 29.9 Å². The van der Waals surface area contributed by atoms with Crippen LogP contribution in [0.15, 0.2) is 67.0 Å². The smallest absolute Gasteiger partial charge is 0.175 e. The molecule has 3 aromatic rings. The Balaban J connectivity index is 1.61. The van der Waals surface area contributed by atoms with Gasteiger partial charge in [-0.3, -0.25) is 4.68 Å². The summed E-state index contributed by atoms with van der Waals surface area (Å²) in [6, 6.07) is 17.8. The van der Waals surface area contributed by atoms with Crippen molar-refractivity contribution in [1.29, 1.82) is 0 Å². The fourth-order valence-corrected chi connectivity index (χ4v) is 2.55. The van der Waals surface area contributed by atoms with Crippen LogP contribution in [-0.2, 0) is 6.54 Å². The zero-order chi connectivity index (χ0) is 16.8. The number of hydrogen-bond acceptors (Lipinski definition) is 3. The third kappa shape index (κ3) is 4.11. The molecule has 0 saturated carbocycles. The summed E-state index contributed by atoms with van der Waals surface area (Å²) >= 11 is 5.35. The Kier molecular flexibility index (Phi) is 5.08. The summed E-state index contributed by atoms with van der Waals surface area (Å²) in [4.78, 5) is 0. The Bertz CT molecular complexity index is 817. The van der Waals surface area contributed by atoms with E-state index in [4.69, 9.17) is 17.0 Å². The van der Waals surface area contributed by atoms with Crippen molar-refractivity contribution in [3.8, 4) is 5.75 Å². The number of nitrogens with zero attached hydrogens (tertiary/aromatic N) is 2. The minimum absolute atomic E-state index is 0.485. The molecule has 1 aromatic heterocycles. The third-order valence-electron chi connectivity index (χ3n) is 3.43. The molecule has 0 amide bonds. The normalized spacial score (nSPS) is 10.2. The zero-order valence-electron chi connectivity index (χ0n) is 13.3. The van der Waals surface area contributed by atoms with Crippen LogP contribution in [0.4, 0.5) is 11.4 Å². The van der Waals surface area contributed by atoms with E-state index < -0.39 is 0 Å². The lowest BCUT2D eigenvalue weighted by Gasteiger charge is -2.12. The van der Waals surface area contributed by atoms with Gasteiger partial charge in [0.05, 0.1) is 31.2 Å². The van der Waals surface area contributed by atoms with E-state index in [-0.39, 0.29) is 0 Å². The van der Waals surface area contributed by atoms with Gasteiger partial charge in [-0.25, -0.2) is 0 Å². The molecule has 6 heteroatoms. The molecular weight excluding hydrogens is 320 g/mol. The molecule has 2 aromatic carbocycles. The Labute approximate surface area is 146 Å². The average molecular weight is 338 g/mol. The van der Waals surface area contributed by atoms with Crippen LogP contribution in [-0.4, -0.2) is 22.0 Å². The van der Waals surface area contributed by atoms with Crippen LogP contribution in [0.25, 0.3) is 0 Å². The van der Waals surface area contributed by atoms with Crippen LogP contribution in [0.5, 0.6) is 5.75 Å². The summed E-state index contributed by atoms with van der Waals surface area (Å²) < 4.78 is 7.17. The van der Waals surface area contributed by atoms with Gasteiger partial charge in [0.25, 0.3) is 0 Å². The maximum absolute atomic E-state index is 5.35. The predicted octanol–water partition coefficient (Wildman–Crippen LogP) is 3.75. The Morgan fingerprint density at radius 2 is 1.83 bits per heavy atom. The number of hydrogen-bond donors (Lipinski definition) is 2. The summed E-state index contributed by atoms with van der Waals surface area (Å²) in [5, 5.41) is 11.1. The van der Waals surface area contributed by atoms with Gasteiger partial charge in [0, 0.05) is 6.20 Å². The van der Waals surface area contributed by atoms with Gasteiger partial charge in [-0.15, -0.1) is 0 Å². The number of benzene rings is 2. The number of anilines is 2. The maximum Gasteiger partial charge on any atom is 0.175 e. The molecule has 0 unspecified atom stereocenters. The summed E-state index contributed by atoms with van der Waals surface area (Å²) in [5.41, 5.74) is 2.84. The molecule has 5 nitrogen and oxygen atoms in total. The van der Waals surface area contributed by atoms with Crippen molar-refractivity contribution in [2.24, 2.45) is 0 Å². The quantitative estimate of drug-likeness (QED) is 0.694. The van der Waals surface area contributed by atoms with Crippen molar-refractivity contribution in [2.45, 2.75) is 6.54 Å². The number of rotatable bonds is 5. The van der Waals surface area contributed by atoms with E-state index in [0.29, 0.717) is 5.11 Å². The van der Waals surface area contributed by atoms with E-state index in [9.17, 15) is 0 Å². The van der Waals surface area contributed by atoms with Crippen LogP contribution in [0, 0.1) is 0 Å². The summed E-state index contributed by atoms with van der Waals surface area (Å²) in [6.45, 7) is 0.717. The highest BCUT2D eigenvalue weighted by atomic mass is 32.1. The van der Waals surface area contributed by atoms with E-state index in [1.54, 1.807) is 13.3 Å². The van der Waals surface area contributed by atoms with Crippen LogP contribution in [0.2, 0.25) is 0 Å². The molecule has 0 aliphatic heterocycles. The monoisotopic (exact) mass is 338 g/mol. The fourth-order valence-electron chi connectivity index (χ4n) is 2.32. The lowest BCUT2D eigenvalue weighted by Crippen LogP contribution is -2.19. The molecule has 0 radical (unpaired) electrons. The summed E-state index contributed by atoms with van der Waals surface area (Å²) in [6.07, 6.45) is 3.67. The standard InChI is InChI=1S/C18H18N4OS/c1-23-17-10-6-5-9-16(17)21-18(24)20-15-11-19-22(13-15)12-14-7-3-2-4-8-14/h2-11,13H,12H2,1H3,(H2,20,21,24). The second-order valence-corrected chi connectivity index (χ2v) is 5.60. The molecule has 0 aliphatic rings. The molecule has 3 rings (SSSR count). The van der Waals surface area contributed by atoms with Crippen molar-refractivity contribution < 1.29 is 4.74 Å². The van der Waals surface area contributed by atoms with E-state index in [1.807, 2.05) is 53.3 Å². The average Bonchev–Trinajstić information content (AvgIpc) is 3.03. The van der Waals surface area contributed by atoms with Gasteiger partial charge in [-0.1, -0.05) is 42.5 Å². The van der Waals surface area contributed by atoms with E-state index in [0.717, 1.165) is 23.7 Å². The van der Waals surface area contributed by atoms with Gasteiger partial charge in [0.1, 0.15) is 5.75 Å². The first kappa shape index (κ1) is 16.0. The van der Waals surface area contributed by atoms with E-state index in [1.165, 1.54) is 5.56 Å². The van der Waals surface area contributed by atoms with Crippen molar-refractivity contribution >= 4 is 28.7 Å². The van der Waals surface area contributed by atoms with E-state index >= 15 is 0 Å². The van der Waals surface area contributed by atoms with Crippen molar-refractivity contribution in [1.82, 2.24) is 9.78 Å². The summed E-state index contributed by atoms with van der Waals surface area (Å²) in [7, 11) is 1.63. The molecule has 2 N–H and O–H groups in total. The SMILES string of the molecule is COc1ccccc1NC(=S)Nc1cnn(Cc2ccccc2)c1. The van der Waals surface area contributed by atoms with Crippen LogP contribution in [0.1, 0.15) is 5.56 Å². The van der Waals surface area contributed by atoms with Gasteiger partial charge < -0.3 is 15.4 Å². The molecule has 122 valence electrons. The number of thiocarbonyl (C=S) groups is 1. The highest BCUT2D eigenvalue weighted by Gasteiger charge is 2.05. The van der Waals surface area contributed by atoms with Crippen molar-refractivity contribution in [3.05, 3.63) is 72.6 Å². The topological polar surface area (TPSA) is 51.1 Å². The predicted molar refractivity (Wildman–Crippen MR) is 101 cm³/mol. The Morgan fingerprint density at radius 3 is 2.62 bits per heavy atom. The zero-order valence-corrected chi connectivity index (χ0v) is 14.1. The van der Waals surface area contributed by atoms with Gasteiger partial charge >= 0.3 is 0 Å². The first-order chi connectivity index (χ1) is 11.7. The molecule has 0 saturated heterocycles. The van der Waals surface area contributed by atoms with Crippen LogP contribution in [0.3, 0.4) is 0 Å². The molecule has 0 bridgehead atoms. The fraction of sp³-hybridized carbons (Fsp3) is 0.111. The molecule has 0 fully saturated rings. The minimum atomic E-state index is 0.485. The Hall–Kier alpha value is -2.86. The number of methoxy groups -OCH3 is 1. The highest BCUT2D eigenvalue weighted by molar-refractivity contribution is 7.80.